The van der Waals surface area contributed by atoms with Crippen molar-refractivity contribution < 1.29 is 13.2 Å². The summed E-state index contributed by atoms with van der Waals surface area (Å²) in [5, 5.41) is 0. The van der Waals surface area contributed by atoms with Gasteiger partial charge in [-0.3, -0.25) is 0 Å². The van der Waals surface area contributed by atoms with Crippen LogP contribution in [0.3, 0.4) is 0 Å². The van der Waals surface area contributed by atoms with Crippen LogP contribution in [-0.2, 0) is 6.18 Å². The van der Waals surface area contributed by atoms with E-state index in [4.69, 9.17) is 11.6 Å². The second kappa shape index (κ2) is 3.35. The van der Waals surface area contributed by atoms with Crippen LogP contribution in [0.25, 0.3) is 10.2 Å². The zero-order chi connectivity index (χ0) is 11.2. The third-order valence-corrected chi connectivity index (χ3v) is 3.22. The highest BCUT2D eigenvalue weighted by Gasteiger charge is 2.33. The Morgan fingerprint density at radius 3 is 2.60 bits per heavy atom. The molecule has 2 rings (SSSR count). The van der Waals surface area contributed by atoms with Gasteiger partial charge in [0.15, 0.2) is 4.47 Å². The van der Waals surface area contributed by atoms with Crippen molar-refractivity contribution in [1.29, 1.82) is 0 Å². The molecule has 80 valence electrons. The van der Waals surface area contributed by atoms with E-state index >= 15 is 0 Å². The molecule has 0 N–H and O–H groups in total. The largest absolute Gasteiger partial charge is 0.416 e. The number of hydrogen-bond acceptors (Lipinski definition) is 2. The van der Waals surface area contributed by atoms with Crippen LogP contribution in [0.5, 0.6) is 0 Å². The summed E-state index contributed by atoms with van der Waals surface area (Å²) in [5.74, 6) is 0. The van der Waals surface area contributed by atoms with Gasteiger partial charge >= 0.3 is 6.18 Å². The second-order valence-corrected chi connectivity index (χ2v) is 4.66. The normalized spacial score (nSPS) is 12.3. The first-order chi connectivity index (χ1) is 6.89. The molecule has 0 fully saturated rings. The first-order valence-corrected chi connectivity index (χ1v) is 5.22. The summed E-state index contributed by atoms with van der Waals surface area (Å²) in [4.78, 5) is 3.87. The molecule has 0 saturated heterocycles. The lowest BCUT2D eigenvalue weighted by Gasteiger charge is -2.09. The molecule has 0 radical (unpaired) electrons. The molecule has 0 atom stereocenters. The van der Waals surface area contributed by atoms with Crippen molar-refractivity contribution in [2.75, 3.05) is 0 Å². The average molecular weight is 252 g/mol. The molecule has 1 aromatic carbocycles. The smallest absolute Gasteiger partial charge is 0.225 e. The number of fused-ring (bicyclic) bond motifs is 1. The lowest BCUT2D eigenvalue weighted by Crippen LogP contribution is -2.07. The molecule has 15 heavy (non-hydrogen) atoms. The van der Waals surface area contributed by atoms with E-state index in [0.29, 0.717) is 10.2 Å². The summed E-state index contributed by atoms with van der Waals surface area (Å²) < 4.78 is 38.5. The number of aromatic nitrogens is 1. The summed E-state index contributed by atoms with van der Waals surface area (Å²) in [6.45, 7) is 1.40. The van der Waals surface area contributed by atoms with E-state index in [0.717, 1.165) is 6.07 Å². The second-order valence-electron chi connectivity index (χ2n) is 3.05. The number of benzene rings is 1. The minimum absolute atomic E-state index is 0.128. The predicted molar refractivity (Wildman–Crippen MR) is 54.4 cm³/mol. The fraction of sp³-hybridized carbons (Fsp3) is 0.222. The van der Waals surface area contributed by atoms with Crippen LogP contribution in [0.4, 0.5) is 13.2 Å². The number of thiazole rings is 1. The molecule has 0 unspecified atom stereocenters. The van der Waals surface area contributed by atoms with Gasteiger partial charge in [0.25, 0.3) is 0 Å². The molecule has 6 heteroatoms. The lowest BCUT2D eigenvalue weighted by atomic mass is 10.1. The van der Waals surface area contributed by atoms with Crippen LogP contribution >= 0.6 is 22.9 Å². The molecular weight excluding hydrogens is 247 g/mol. The average Bonchev–Trinajstić information content (AvgIpc) is 2.44. The topological polar surface area (TPSA) is 12.9 Å². The Kier molecular flexibility index (Phi) is 2.39. The Labute approximate surface area is 92.5 Å². The maximum absolute atomic E-state index is 12.5. The van der Waals surface area contributed by atoms with E-state index in [1.165, 1.54) is 24.3 Å². The molecule has 1 nitrogen and oxygen atoms in total. The molecule has 0 aliphatic rings. The van der Waals surface area contributed by atoms with Gasteiger partial charge < -0.3 is 0 Å². The minimum atomic E-state index is -4.34. The lowest BCUT2D eigenvalue weighted by molar-refractivity contribution is -0.137. The standard InChI is InChI=1S/C9H5ClF3NS/c1-4-5(9(11,12)13)2-3-6-7(4)14-8(10)15-6/h2-3H,1H3. The first kappa shape index (κ1) is 10.7. The molecule has 2 aromatic rings. The van der Waals surface area contributed by atoms with Crippen molar-refractivity contribution in [1.82, 2.24) is 4.98 Å². The molecule has 0 saturated carbocycles. The van der Waals surface area contributed by atoms with Gasteiger partial charge in [-0.2, -0.15) is 13.2 Å². The maximum atomic E-state index is 12.5. The highest BCUT2D eigenvalue weighted by Crippen LogP contribution is 2.37. The van der Waals surface area contributed by atoms with Crippen molar-refractivity contribution in [3.63, 3.8) is 0 Å². The van der Waals surface area contributed by atoms with E-state index in [9.17, 15) is 13.2 Å². The van der Waals surface area contributed by atoms with Gasteiger partial charge in [-0.1, -0.05) is 11.6 Å². The molecule has 0 aliphatic heterocycles. The van der Waals surface area contributed by atoms with Gasteiger partial charge in [0.05, 0.1) is 15.8 Å². The molecule has 0 bridgehead atoms. The molecule has 0 spiro atoms. The van der Waals surface area contributed by atoms with E-state index < -0.39 is 11.7 Å². The zero-order valence-electron chi connectivity index (χ0n) is 7.52. The van der Waals surface area contributed by atoms with E-state index in [1.807, 2.05) is 0 Å². The third-order valence-electron chi connectivity index (χ3n) is 2.09. The highest BCUT2D eigenvalue weighted by molar-refractivity contribution is 7.22. The van der Waals surface area contributed by atoms with Crippen LogP contribution in [0.2, 0.25) is 4.47 Å². The Balaban J connectivity index is 2.75. The Morgan fingerprint density at radius 2 is 2.00 bits per heavy atom. The number of nitrogens with zero attached hydrogens (tertiary/aromatic N) is 1. The summed E-state index contributed by atoms with van der Waals surface area (Å²) in [7, 11) is 0. The summed E-state index contributed by atoms with van der Waals surface area (Å²) in [6.07, 6.45) is -4.34. The number of hydrogen-bond donors (Lipinski definition) is 0. The van der Waals surface area contributed by atoms with Crippen molar-refractivity contribution in [3.8, 4) is 0 Å². The fourth-order valence-electron chi connectivity index (χ4n) is 1.41. The summed E-state index contributed by atoms with van der Waals surface area (Å²) in [6, 6.07) is 2.46. The van der Waals surface area contributed by atoms with Gasteiger partial charge in [0.1, 0.15) is 0 Å². The van der Waals surface area contributed by atoms with Gasteiger partial charge in [-0.05, 0) is 24.6 Å². The number of rotatable bonds is 0. The first-order valence-electron chi connectivity index (χ1n) is 4.02. The quantitative estimate of drug-likeness (QED) is 0.681. The number of alkyl halides is 3. The predicted octanol–water partition coefficient (Wildman–Crippen LogP) is 4.28. The number of aryl methyl sites for hydroxylation is 1. The fourth-order valence-corrected chi connectivity index (χ4v) is 2.49. The van der Waals surface area contributed by atoms with Crippen molar-refractivity contribution >= 4 is 33.2 Å². The maximum Gasteiger partial charge on any atom is 0.416 e. The van der Waals surface area contributed by atoms with Gasteiger partial charge in [-0.15, -0.1) is 11.3 Å². The highest BCUT2D eigenvalue weighted by atomic mass is 35.5. The van der Waals surface area contributed by atoms with Gasteiger partial charge in [0, 0.05) is 0 Å². The van der Waals surface area contributed by atoms with Gasteiger partial charge in [-0.25, -0.2) is 4.98 Å². The van der Waals surface area contributed by atoms with E-state index in [2.05, 4.69) is 4.98 Å². The van der Waals surface area contributed by atoms with Crippen molar-refractivity contribution in [2.45, 2.75) is 13.1 Å². The monoisotopic (exact) mass is 251 g/mol. The zero-order valence-corrected chi connectivity index (χ0v) is 9.09. The van der Waals surface area contributed by atoms with Gasteiger partial charge in [0.2, 0.25) is 0 Å². The molecule has 0 aliphatic carbocycles. The van der Waals surface area contributed by atoms with E-state index in [1.54, 1.807) is 0 Å². The molecule has 0 amide bonds. The van der Waals surface area contributed by atoms with Crippen LogP contribution in [0.1, 0.15) is 11.1 Å². The Hall–Kier alpha value is -0.810. The van der Waals surface area contributed by atoms with E-state index in [-0.39, 0.29) is 10.0 Å². The van der Waals surface area contributed by atoms with Crippen LogP contribution in [0.15, 0.2) is 12.1 Å². The van der Waals surface area contributed by atoms with Crippen molar-refractivity contribution in [3.05, 3.63) is 27.7 Å². The Morgan fingerprint density at radius 1 is 1.33 bits per heavy atom. The molecular formula is C9H5ClF3NS. The Bertz CT molecular complexity index is 518. The molecule has 1 aromatic heterocycles. The third kappa shape index (κ3) is 1.81. The minimum Gasteiger partial charge on any atom is -0.225 e. The summed E-state index contributed by atoms with van der Waals surface area (Å²) in [5.41, 5.74) is -0.194. The van der Waals surface area contributed by atoms with Crippen molar-refractivity contribution in [2.24, 2.45) is 0 Å². The van der Waals surface area contributed by atoms with Crippen LogP contribution in [-0.4, -0.2) is 4.98 Å². The van der Waals surface area contributed by atoms with Crippen LogP contribution < -0.4 is 0 Å². The molecule has 1 heterocycles. The number of halogens is 4. The summed E-state index contributed by atoms with van der Waals surface area (Å²) >= 11 is 6.82. The van der Waals surface area contributed by atoms with Crippen LogP contribution in [0, 0.1) is 6.92 Å². The SMILES string of the molecule is Cc1c(C(F)(F)F)ccc2sc(Cl)nc12.